The molecular formula is C9H20N2O2. The summed E-state index contributed by atoms with van der Waals surface area (Å²) in [6.45, 7) is 7.63. The van der Waals surface area contributed by atoms with Crippen LogP contribution in [0.2, 0.25) is 0 Å². The summed E-state index contributed by atoms with van der Waals surface area (Å²) in [4.78, 5) is 11.1. The van der Waals surface area contributed by atoms with E-state index in [-0.39, 0.29) is 11.9 Å². The first kappa shape index (κ1) is 12.4. The summed E-state index contributed by atoms with van der Waals surface area (Å²) in [7, 11) is 0. The average Bonchev–Trinajstić information content (AvgIpc) is 2.13. The number of hydrazine groups is 1. The second kappa shape index (κ2) is 5.19. The van der Waals surface area contributed by atoms with Gasteiger partial charge in [0.2, 0.25) is 0 Å². The van der Waals surface area contributed by atoms with Gasteiger partial charge in [-0.15, -0.1) is 0 Å². The van der Waals surface area contributed by atoms with Crippen molar-refractivity contribution in [2.24, 2.45) is 11.8 Å². The van der Waals surface area contributed by atoms with Crippen LogP contribution in [0.25, 0.3) is 0 Å². The number of carbonyl (C=O) groups excluding carboxylic acids is 1. The number of carbonyl (C=O) groups is 1. The summed E-state index contributed by atoms with van der Waals surface area (Å²) in [5, 5.41) is 0. The van der Waals surface area contributed by atoms with Gasteiger partial charge < -0.3 is 4.74 Å². The zero-order chi connectivity index (χ0) is 10.5. The summed E-state index contributed by atoms with van der Waals surface area (Å²) in [6, 6.07) is 0. The number of esters is 1. The van der Waals surface area contributed by atoms with E-state index in [2.05, 4.69) is 5.43 Å². The fourth-order valence-corrected chi connectivity index (χ4v) is 1.17. The number of ether oxygens (including phenoxy) is 1. The van der Waals surface area contributed by atoms with E-state index >= 15 is 0 Å². The van der Waals surface area contributed by atoms with E-state index in [1.165, 1.54) is 0 Å². The highest BCUT2D eigenvalue weighted by molar-refractivity contribution is 5.69. The first-order valence-corrected chi connectivity index (χ1v) is 4.72. The Hall–Kier alpha value is -0.610. The molecule has 78 valence electrons. The lowest BCUT2D eigenvalue weighted by Gasteiger charge is -2.35. The molecule has 13 heavy (non-hydrogen) atoms. The lowest BCUT2D eigenvalue weighted by atomic mass is 9.97. The van der Waals surface area contributed by atoms with Crippen molar-refractivity contribution in [2.75, 3.05) is 0 Å². The van der Waals surface area contributed by atoms with Crippen LogP contribution in [0.4, 0.5) is 0 Å². The largest absolute Gasteiger partial charge is 0.442 e. The highest BCUT2D eigenvalue weighted by Gasteiger charge is 2.34. The third kappa shape index (κ3) is 2.97. The number of nitrogens with one attached hydrogen (secondary N) is 1. The zero-order valence-electron chi connectivity index (χ0n) is 8.89. The Morgan fingerprint density at radius 1 is 1.54 bits per heavy atom. The van der Waals surface area contributed by atoms with Gasteiger partial charge in [-0.05, 0) is 6.42 Å². The van der Waals surface area contributed by atoms with E-state index in [0.717, 1.165) is 0 Å². The molecule has 0 bridgehead atoms. The third-order valence-corrected chi connectivity index (χ3v) is 2.29. The van der Waals surface area contributed by atoms with Crippen LogP contribution in [0.1, 0.15) is 40.5 Å². The quantitative estimate of drug-likeness (QED) is 0.294. The van der Waals surface area contributed by atoms with E-state index in [9.17, 15) is 4.79 Å². The maximum Gasteiger partial charge on any atom is 0.307 e. The summed E-state index contributed by atoms with van der Waals surface area (Å²) in [5.74, 6) is 5.32. The van der Waals surface area contributed by atoms with Crippen molar-refractivity contribution in [1.29, 1.82) is 0 Å². The summed E-state index contributed by atoms with van der Waals surface area (Å²) in [6.07, 6.45) is 1.03. The standard InChI is InChI=1S/C9H20N2O2/c1-5-8(12)13-9(6-2,11-10)7(3)4/h7,11H,5-6,10H2,1-4H3. The molecule has 1 atom stereocenters. The van der Waals surface area contributed by atoms with E-state index in [4.69, 9.17) is 10.6 Å². The summed E-state index contributed by atoms with van der Waals surface area (Å²) < 4.78 is 5.27. The highest BCUT2D eigenvalue weighted by atomic mass is 16.6. The van der Waals surface area contributed by atoms with Crippen molar-refractivity contribution in [2.45, 2.75) is 46.3 Å². The Balaban J connectivity index is 4.48. The van der Waals surface area contributed by atoms with E-state index < -0.39 is 5.72 Å². The van der Waals surface area contributed by atoms with E-state index in [1.807, 2.05) is 20.8 Å². The minimum absolute atomic E-state index is 0.151. The van der Waals surface area contributed by atoms with E-state index in [0.29, 0.717) is 12.8 Å². The van der Waals surface area contributed by atoms with E-state index in [1.54, 1.807) is 6.92 Å². The lowest BCUT2D eigenvalue weighted by Crippen LogP contribution is -2.55. The van der Waals surface area contributed by atoms with Crippen LogP contribution < -0.4 is 11.3 Å². The van der Waals surface area contributed by atoms with Gasteiger partial charge in [0, 0.05) is 12.3 Å². The highest BCUT2D eigenvalue weighted by Crippen LogP contribution is 2.22. The molecule has 0 radical (unpaired) electrons. The maximum atomic E-state index is 11.1. The van der Waals surface area contributed by atoms with Crippen molar-refractivity contribution in [3.63, 3.8) is 0 Å². The second-order valence-corrected chi connectivity index (χ2v) is 3.37. The molecule has 0 spiro atoms. The number of hydrogen-bond acceptors (Lipinski definition) is 4. The van der Waals surface area contributed by atoms with Gasteiger partial charge in [-0.25, -0.2) is 5.43 Å². The molecule has 0 saturated carbocycles. The molecule has 0 rings (SSSR count). The predicted molar refractivity (Wildman–Crippen MR) is 51.6 cm³/mol. The minimum atomic E-state index is -0.715. The molecule has 4 heteroatoms. The maximum absolute atomic E-state index is 11.1. The van der Waals surface area contributed by atoms with Crippen molar-refractivity contribution in [3.05, 3.63) is 0 Å². The van der Waals surface area contributed by atoms with Gasteiger partial charge in [-0.3, -0.25) is 10.6 Å². The van der Waals surface area contributed by atoms with Crippen LogP contribution in [-0.4, -0.2) is 11.7 Å². The van der Waals surface area contributed by atoms with Crippen LogP contribution in [0.15, 0.2) is 0 Å². The molecule has 4 nitrogen and oxygen atoms in total. The Labute approximate surface area is 79.8 Å². The van der Waals surface area contributed by atoms with Gasteiger partial charge >= 0.3 is 5.97 Å². The Bertz CT molecular complexity index is 165. The Kier molecular flexibility index (Phi) is 4.95. The first-order valence-electron chi connectivity index (χ1n) is 4.72. The number of nitrogens with two attached hydrogens (primary N) is 1. The van der Waals surface area contributed by atoms with Gasteiger partial charge in [0.25, 0.3) is 0 Å². The minimum Gasteiger partial charge on any atom is -0.442 e. The van der Waals surface area contributed by atoms with Crippen molar-refractivity contribution in [1.82, 2.24) is 5.43 Å². The molecule has 0 saturated heterocycles. The van der Waals surface area contributed by atoms with Gasteiger partial charge in [0.1, 0.15) is 0 Å². The lowest BCUT2D eigenvalue weighted by molar-refractivity contribution is -0.170. The molecule has 0 amide bonds. The van der Waals surface area contributed by atoms with Gasteiger partial charge in [0.15, 0.2) is 5.72 Å². The first-order chi connectivity index (χ1) is 6.02. The number of rotatable bonds is 5. The summed E-state index contributed by atoms with van der Waals surface area (Å²) >= 11 is 0. The van der Waals surface area contributed by atoms with Crippen molar-refractivity contribution >= 4 is 5.97 Å². The smallest absolute Gasteiger partial charge is 0.307 e. The normalized spacial score (nSPS) is 15.5. The van der Waals surface area contributed by atoms with Crippen molar-refractivity contribution in [3.8, 4) is 0 Å². The fraction of sp³-hybridized carbons (Fsp3) is 0.889. The third-order valence-electron chi connectivity index (χ3n) is 2.29. The molecule has 0 aromatic carbocycles. The van der Waals surface area contributed by atoms with Gasteiger partial charge in [0.05, 0.1) is 0 Å². The molecule has 0 aromatic rings. The fourth-order valence-electron chi connectivity index (χ4n) is 1.17. The van der Waals surface area contributed by atoms with Crippen LogP contribution in [0.5, 0.6) is 0 Å². The average molecular weight is 188 g/mol. The molecule has 0 aromatic heterocycles. The topological polar surface area (TPSA) is 64.3 Å². The van der Waals surface area contributed by atoms with Gasteiger partial charge in [-0.1, -0.05) is 27.7 Å². The molecule has 0 aliphatic carbocycles. The van der Waals surface area contributed by atoms with Crippen LogP contribution in [0.3, 0.4) is 0 Å². The monoisotopic (exact) mass is 188 g/mol. The second-order valence-electron chi connectivity index (χ2n) is 3.37. The summed E-state index contributed by atoms with van der Waals surface area (Å²) in [5.41, 5.74) is 1.87. The number of hydrogen-bond donors (Lipinski definition) is 2. The molecule has 0 fully saturated rings. The van der Waals surface area contributed by atoms with Crippen LogP contribution in [0, 0.1) is 5.92 Å². The Morgan fingerprint density at radius 3 is 2.31 bits per heavy atom. The molecule has 1 unspecified atom stereocenters. The molecular weight excluding hydrogens is 168 g/mol. The molecule has 3 N–H and O–H groups in total. The van der Waals surface area contributed by atoms with Crippen LogP contribution in [-0.2, 0) is 9.53 Å². The molecule has 0 heterocycles. The predicted octanol–water partition coefficient (Wildman–Crippen LogP) is 1.17. The van der Waals surface area contributed by atoms with Gasteiger partial charge in [-0.2, -0.15) is 0 Å². The zero-order valence-corrected chi connectivity index (χ0v) is 8.89. The Morgan fingerprint density at radius 2 is 2.08 bits per heavy atom. The van der Waals surface area contributed by atoms with Crippen molar-refractivity contribution < 1.29 is 9.53 Å². The van der Waals surface area contributed by atoms with Crippen LogP contribution >= 0.6 is 0 Å². The molecule has 0 aliphatic heterocycles. The SMILES string of the molecule is CCC(=O)OC(CC)(NN)C(C)C. The molecule has 0 aliphatic rings.